The summed E-state index contributed by atoms with van der Waals surface area (Å²) in [6.07, 6.45) is 3.85. The quantitative estimate of drug-likeness (QED) is 0.810. The van der Waals surface area contributed by atoms with Crippen molar-refractivity contribution >= 4 is 0 Å². The normalized spacial score (nSPS) is 23.4. The van der Waals surface area contributed by atoms with Crippen LogP contribution in [0.3, 0.4) is 0 Å². The Morgan fingerprint density at radius 3 is 2.94 bits per heavy atom. The Bertz CT molecular complexity index is 530. The zero-order chi connectivity index (χ0) is 11.8. The van der Waals surface area contributed by atoms with Crippen LogP contribution in [0.1, 0.15) is 29.8 Å². The Balaban J connectivity index is 2.13. The number of nitrogens with zero attached hydrogens (tertiary/aromatic N) is 2. The molecule has 0 bridgehead atoms. The van der Waals surface area contributed by atoms with Crippen LogP contribution in [0, 0.1) is 6.92 Å². The van der Waals surface area contributed by atoms with Gasteiger partial charge in [0.15, 0.2) is 0 Å². The van der Waals surface area contributed by atoms with Gasteiger partial charge in [-0.05, 0) is 25.0 Å². The maximum Gasteiger partial charge on any atom is 0.0954 e. The minimum absolute atomic E-state index is 0.349. The predicted molar refractivity (Wildman–Crippen MR) is 67.8 cm³/mol. The number of imidazole rings is 1. The molecule has 2 unspecified atom stereocenters. The third kappa shape index (κ3) is 1.67. The van der Waals surface area contributed by atoms with Gasteiger partial charge < -0.3 is 9.88 Å². The molecule has 0 saturated heterocycles. The van der Waals surface area contributed by atoms with E-state index in [1.54, 1.807) is 0 Å². The van der Waals surface area contributed by atoms with E-state index < -0.39 is 0 Å². The summed E-state index contributed by atoms with van der Waals surface area (Å²) in [5.74, 6) is 0. The fourth-order valence-corrected chi connectivity index (χ4v) is 2.69. The third-order valence-electron chi connectivity index (χ3n) is 3.62. The molecule has 0 fully saturated rings. The van der Waals surface area contributed by atoms with E-state index >= 15 is 0 Å². The van der Waals surface area contributed by atoms with E-state index in [4.69, 9.17) is 0 Å². The van der Waals surface area contributed by atoms with Gasteiger partial charge in [0.05, 0.1) is 12.4 Å². The lowest BCUT2D eigenvalue weighted by Gasteiger charge is -2.34. The van der Waals surface area contributed by atoms with Crippen molar-refractivity contribution in [3.05, 3.63) is 53.6 Å². The molecule has 0 amide bonds. The molecule has 3 heteroatoms. The first kappa shape index (κ1) is 10.5. The Labute approximate surface area is 101 Å². The lowest BCUT2D eigenvalue weighted by Crippen LogP contribution is -2.40. The van der Waals surface area contributed by atoms with Gasteiger partial charge in [0.1, 0.15) is 0 Å². The molecule has 0 aliphatic carbocycles. The summed E-state index contributed by atoms with van der Waals surface area (Å²) < 4.78 is 2.26. The van der Waals surface area contributed by atoms with E-state index in [0.717, 1.165) is 6.54 Å². The Kier molecular flexibility index (Phi) is 2.48. The minimum Gasteiger partial charge on any atom is -0.326 e. The van der Waals surface area contributed by atoms with Crippen molar-refractivity contribution in [3.8, 4) is 0 Å². The molecule has 2 atom stereocenters. The number of fused-ring (bicyclic) bond motifs is 1. The van der Waals surface area contributed by atoms with Crippen molar-refractivity contribution in [2.24, 2.45) is 0 Å². The molecule has 2 heterocycles. The second kappa shape index (κ2) is 4.00. The van der Waals surface area contributed by atoms with Crippen LogP contribution in [-0.2, 0) is 6.54 Å². The van der Waals surface area contributed by atoms with Crippen molar-refractivity contribution in [1.82, 2.24) is 14.9 Å². The summed E-state index contributed by atoms with van der Waals surface area (Å²) >= 11 is 0. The first-order valence-electron chi connectivity index (χ1n) is 6.07. The highest BCUT2D eigenvalue weighted by molar-refractivity contribution is 5.34. The molecule has 1 aliphatic heterocycles. The summed E-state index contributed by atoms with van der Waals surface area (Å²) in [5, 5.41) is 3.56. The molecular weight excluding hydrogens is 210 g/mol. The molecule has 1 aromatic carbocycles. The van der Waals surface area contributed by atoms with E-state index in [1.165, 1.54) is 16.8 Å². The number of aromatic nitrogens is 2. The van der Waals surface area contributed by atoms with Crippen LogP contribution >= 0.6 is 0 Å². The van der Waals surface area contributed by atoms with E-state index in [0.29, 0.717) is 12.1 Å². The lowest BCUT2D eigenvalue weighted by atomic mass is 9.91. The average molecular weight is 227 g/mol. The van der Waals surface area contributed by atoms with Gasteiger partial charge in [-0.25, -0.2) is 4.98 Å². The monoisotopic (exact) mass is 227 g/mol. The van der Waals surface area contributed by atoms with E-state index in [9.17, 15) is 0 Å². The van der Waals surface area contributed by atoms with Crippen molar-refractivity contribution in [2.45, 2.75) is 32.5 Å². The SMILES string of the molecule is Cc1cncn1C1c2ccccc2CNC1C. The van der Waals surface area contributed by atoms with Gasteiger partial charge in [0, 0.05) is 24.5 Å². The van der Waals surface area contributed by atoms with Gasteiger partial charge in [-0.3, -0.25) is 0 Å². The minimum atomic E-state index is 0.349. The molecule has 0 spiro atoms. The predicted octanol–water partition coefficient (Wildman–Crippen LogP) is 2.27. The standard InChI is InChI=1S/C14H17N3/c1-10-7-15-9-17(10)14-11(2)16-8-12-5-3-4-6-13(12)14/h3-7,9,11,14,16H,8H2,1-2H3. The van der Waals surface area contributed by atoms with Crippen LogP contribution in [0.25, 0.3) is 0 Å². The largest absolute Gasteiger partial charge is 0.326 e. The summed E-state index contributed by atoms with van der Waals surface area (Å²) in [4.78, 5) is 4.24. The Morgan fingerprint density at radius 2 is 2.18 bits per heavy atom. The first-order chi connectivity index (χ1) is 8.27. The summed E-state index contributed by atoms with van der Waals surface area (Å²) in [6, 6.07) is 9.44. The number of rotatable bonds is 1. The van der Waals surface area contributed by atoms with Crippen LogP contribution in [0.15, 0.2) is 36.8 Å². The van der Waals surface area contributed by atoms with Crippen molar-refractivity contribution < 1.29 is 0 Å². The molecule has 17 heavy (non-hydrogen) atoms. The number of hydrogen-bond donors (Lipinski definition) is 1. The smallest absolute Gasteiger partial charge is 0.0954 e. The second-order valence-electron chi connectivity index (χ2n) is 4.76. The molecule has 88 valence electrons. The van der Waals surface area contributed by atoms with Crippen LogP contribution in [0.4, 0.5) is 0 Å². The van der Waals surface area contributed by atoms with Gasteiger partial charge in [-0.15, -0.1) is 0 Å². The van der Waals surface area contributed by atoms with Gasteiger partial charge >= 0.3 is 0 Å². The lowest BCUT2D eigenvalue weighted by molar-refractivity contribution is 0.382. The molecule has 1 aromatic heterocycles. The Morgan fingerprint density at radius 1 is 1.35 bits per heavy atom. The highest BCUT2D eigenvalue weighted by Crippen LogP contribution is 2.30. The maximum atomic E-state index is 4.24. The fraction of sp³-hybridized carbons (Fsp3) is 0.357. The zero-order valence-corrected chi connectivity index (χ0v) is 10.2. The molecule has 3 nitrogen and oxygen atoms in total. The summed E-state index contributed by atoms with van der Waals surface area (Å²) in [6.45, 7) is 5.30. The third-order valence-corrected chi connectivity index (χ3v) is 3.62. The molecule has 1 aliphatic rings. The van der Waals surface area contributed by atoms with E-state index in [2.05, 4.69) is 53.0 Å². The molecule has 1 N–H and O–H groups in total. The second-order valence-corrected chi connectivity index (χ2v) is 4.76. The highest BCUT2D eigenvalue weighted by Gasteiger charge is 2.27. The molecule has 3 rings (SSSR count). The number of benzene rings is 1. The summed E-state index contributed by atoms with van der Waals surface area (Å²) in [5.41, 5.74) is 4.02. The topological polar surface area (TPSA) is 29.9 Å². The van der Waals surface area contributed by atoms with Crippen LogP contribution in [0.5, 0.6) is 0 Å². The van der Waals surface area contributed by atoms with Crippen LogP contribution in [0.2, 0.25) is 0 Å². The van der Waals surface area contributed by atoms with E-state index in [1.807, 2.05) is 12.5 Å². The average Bonchev–Trinajstić information content (AvgIpc) is 2.75. The molecular formula is C14H17N3. The maximum absolute atomic E-state index is 4.24. The number of hydrogen-bond acceptors (Lipinski definition) is 2. The number of nitrogens with one attached hydrogen (secondary N) is 1. The number of aryl methyl sites for hydroxylation is 1. The van der Waals surface area contributed by atoms with Crippen molar-refractivity contribution in [2.75, 3.05) is 0 Å². The van der Waals surface area contributed by atoms with Gasteiger partial charge in [-0.2, -0.15) is 0 Å². The summed E-state index contributed by atoms with van der Waals surface area (Å²) in [7, 11) is 0. The Hall–Kier alpha value is -1.61. The molecule has 0 saturated carbocycles. The molecule has 2 aromatic rings. The van der Waals surface area contributed by atoms with Crippen LogP contribution < -0.4 is 5.32 Å². The fourth-order valence-electron chi connectivity index (χ4n) is 2.69. The van der Waals surface area contributed by atoms with Crippen molar-refractivity contribution in [1.29, 1.82) is 0 Å². The van der Waals surface area contributed by atoms with Gasteiger partial charge in [-0.1, -0.05) is 24.3 Å². The van der Waals surface area contributed by atoms with Gasteiger partial charge in [0.2, 0.25) is 0 Å². The van der Waals surface area contributed by atoms with Gasteiger partial charge in [0.25, 0.3) is 0 Å². The first-order valence-corrected chi connectivity index (χ1v) is 6.07. The molecule has 0 radical (unpaired) electrons. The van der Waals surface area contributed by atoms with E-state index in [-0.39, 0.29) is 0 Å². The highest BCUT2D eigenvalue weighted by atomic mass is 15.1. The van der Waals surface area contributed by atoms with Crippen LogP contribution in [-0.4, -0.2) is 15.6 Å². The zero-order valence-electron chi connectivity index (χ0n) is 10.2. The van der Waals surface area contributed by atoms with Crippen molar-refractivity contribution in [3.63, 3.8) is 0 Å².